The van der Waals surface area contributed by atoms with Gasteiger partial charge in [-0.1, -0.05) is 13.0 Å². The van der Waals surface area contributed by atoms with Crippen LogP contribution in [-0.4, -0.2) is 16.1 Å². The highest BCUT2D eigenvalue weighted by Gasteiger charge is 2.12. The minimum absolute atomic E-state index is 0.113. The molecule has 20 heavy (non-hydrogen) atoms. The van der Waals surface area contributed by atoms with Crippen molar-refractivity contribution in [2.45, 2.75) is 26.5 Å². The van der Waals surface area contributed by atoms with Crippen molar-refractivity contribution < 1.29 is 9.13 Å². The summed E-state index contributed by atoms with van der Waals surface area (Å²) in [5, 5.41) is 3.31. The molecule has 108 valence electrons. The summed E-state index contributed by atoms with van der Waals surface area (Å²) in [5.74, 6) is 0.275. The van der Waals surface area contributed by atoms with Crippen LogP contribution in [0.4, 0.5) is 4.39 Å². The Labute approximate surface area is 118 Å². The van der Waals surface area contributed by atoms with Crippen LogP contribution in [0.5, 0.6) is 5.75 Å². The number of aryl methyl sites for hydroxylation is 1. The second kappa shape index (κ2) is 6.52. The lowest BCUT2D eigenvalue weighted by Gasteiger charge is -2.17. The predicted octanol–water partition coefficient (Wildman–Crippen LogP) is 2.81. The zero-order valence-electron chi connectivity index (χ0n) is 12.1. The molecule has 0 saturated heterocycles. The number of hydrogen-bond donors (Lipinski definition) is 1. The molecule has 1 atom stereocenters. The van der Waals surface area contributed by atoms with Gasteiger partial charge in [0.1, 0.15) is 18.2 Å². The number of halogens is 1. The number of nitrogens with one attached hydrogen (secondary N) is 1. The van der Waals surface area contributed by atoms with E-state index in [1.807, 2.05) is 25.5 Å². The van der Waals surface area contributed by atoms with E-state index in [0.717, 1.165) is 17.8 Å². The van der Waals surface area contributed by atoms with Crippen molar-refractivity contribution in [3.63, 3.8) is 0 Å². The zero-order chi connectivity index (χ0) is 14.5. The van der Waals surface area contributed by atoms with Crippen molar-refractivity contribution in [2.24, 2.45) is 7.05 Å². The molecule has 0 bridgehead atoms. The lowest BCUT2D eigenvalue weighted by molar-refractivity contribution is 0.289. The summed E-state index contributed by atoms with van der Waals surface area (Å²) in [5.41, 5.74) is 1.90. The van der Waals surface area contributed by atoms with E-state index in [1.54, 1.807) is 18.6 Å². The molecule has 1 aromatic heterocycles. The number of hydrogen-bond acceptors (Lipinski definition) is 3. The van der Waals surface area contributed by atoms with E-state index in [1.165, 1.54) is 12.1 Å². The van der Waals surface area contributed by atoms with Gasteiger partial charge in [0.25, 0.3) is 0 Å². The fraction of sp³-hybridized carbons (Fsp3) is 0.400. The van der Waals surface area contributed by atoms with Gasteiger partial charge in [0, 0.05) is 24.7 Å². The Hall–Kier alpha value is -1.88. The van der Waals surface area contributed by atoms with E-state index in [9.17, 15) is 4.39 Å². The minimum Gasteiger partial charge on any atom is -0.487 e. The summed E-state index contributed by atoms with van der Waals surface area (Å²) < 4.78 is 21.1. The van der Waals surface area contributed by atoms with Crippen LogP contribution in [0.3, 0.4) is 0 Å². The van der Waals surface area contributed by atoms with Gasteiger partial charge in [-0.2, -0.15) is 0 Å². The second-order valence-electron chi connectivity index (χ2n) is 4.75. The van der Waals surface area contributed by atoms with Crippen molar-refractivity contribution in [1.29, 1.82) is 0 Å². The molecule has 0 radical (unpaired) electrons. The Morgan fingerprint density at radius 1 is 1.45 bits per heavy atom. The molecule has 0 amide bonds. The first-order valence-electron chi connectivity index (χ1n) is 6.72. The predicted molar refractivity (Wildman–Crippen MR) is 76.0 cm³/mol. The summed E-state index contributed by atoms with van der Waals surface area (Å²) in [6.45, 7) is 5.29. The highest BCUT2D eigenvalue weighted by molar-refractivity contribution is 5.36. The largest absolute Gasteiger partial charge is 0.487 e. The van der Waals surface area contributed by atoms with Crippen LogP contribution in [0, 0.1) is 5.82 Å². The molecule has 2 aromatic rings. The summed E-state index contributed by atoms with van der Waals surface area (Å²) in [6.07, 6.45) is 3.46. The van der Waals surface area contributed by atoms with E-state index >= 15 is 0 Å². The Morgan fingerprint density at radius 2 is 2.25 bits per heavy atom. The Bertz CT molecular complexity index is 568. The number of benzene rings is 1. The Balaban J connectivity index is 2.17. The van der Waals surface area contributed by atoms with Crippen LogP contribution in [0.25, 0.3) is 0 Å². The van der Waals surface area contributed by atoms with Gasteiger partial charge >= 0.3 is 0 Å². The maximum Gasteiger partial charge on any atom is 0.130 e. The first-order chi connectivity index (χ1) is 9.61. The molecular formula is C15H20FN3O. The molecule has 0 aliphatic carbocycles. The molecule has 0 spiro atoms. The SMILES string of the molecule is CCNC(C)c1ccc(F)cc1OCc1cncn1C. The minimum atomic E-state index is -0.294. The maximum atomic E-state index is 13.4. The van der Waals surface area contributed by atoms with Crippen LogP contribution < -0.4 is 10.1 Å². The highest BCUT2D eigenvalue weighted by Crippen LogP contribution is 2.26. The molecule has 1 N–H and O–H groups in total. The van der Waals surface area contributed by atoms with E-state index in [0.29, 0.717) is 12.4 Å². The van der Waals surface area contributed by atoms with Gasteiger partial charge < -0.3 is 14.6 Å². The third-order valence-corrected chi connectivity index (χ3v) is 3.24. The van der Waals surface area contributed by atoms with Gasteiger partial charge in [-0.05, 0) is 19.5 Å². The highest BCUT2D eigenvalue weighted by atomic mass is 19.1. The fourth-order valence-corrected chi connectivity index (χ4v) is 2.08. The molecule has 0 fully saturated rings. The molecule has 0 aliphatic rings. The van der Waals surface area contributed by atoms with Gasteiger partial charge in [-0.25, -0.2) is 9.37 Å². The van der Waals surface area contributed by atoms with Gasteiger partial charge in [-0.15, -0.1) is 0 Å². The van der Waals surface area contributed by atoms with E-state index in [-0.39, 0.29) is 11.9 Å². The van der Waals surface area contributed by atoms with Crippen molar-refractivity contribution in [3.05, 3.63) is 47.8 Å². The zero-order valence-corrected chi connectivity index (χ0v) is 12.1. The van der Waals surface area contributed by atoms with Gasteiger partial charge in [0.15, 0.2) is 0 Å². The van der Waals surface area contributed by atoms with Crippen molar-refractivity contribution in [3.8, 4) is 5.75 Å². The number of imidazole rings is 1. The average molecular weight is 277 g/mol. The normalized spacial score (nSPS) is 12.4. The standard InChI is InChI=1S/C15H20FN3O/c1-4-18-11(2)14-6-5-12(16)7-15(14)20-9-13-8-17-10-19(13)3/h5-8,10-11,18H,4,9H2,1-3H3. The van der Waals surface area contributed by atoms with Crippen LogP contribution >= 0.6 is 0 Å². The van der Waals surface area contributed by atoms with Gasteiger partial charge in [-0.3, -0.25) is 0 Å². The molecule has 0 saturated carbocycles. The molecule has 2 rings (SSSR count). The van der Waals surface area contributed by atoms with Crippen LogP contribution in [0.1, 0.15) is 31.1 Å². The number of aromatic nitrogens is 2. The molecule has 1 unspecified atom stereocenters. The summed E-state index contributed by atoms with van der Waals surface area (Å²) >= 11 is 0. The molecule has 4 nitrogen and oxygen atoms in total. The lowest BCUT2D eigenvalue weighted by Crippen LogP contribution is -2.18. The van der Waals surface area contributed by atoms with Crippen molar-refractivity contribution in [1.82, 2.24) is 14.9 Å². The summed E-state index contributed by atoms with van der Waals surface area (Å²) in [6, 6.07) is 4.77. The number of nitrogens with zero attached hydrogens (tertiary/aromatic N) is 2. The Morgan fingerprint density at radius 3 is 2.90 bits per heavy atom. The molecule has 1 aromatic carbocycles. The van der Waals surface area contributed by atoms with Gasteiger partial charge in [0.2, 0.25) is 0 Å². The smallest absolute Gasteiger partial charge is 0.130 e. The number of rotatable bonds is 6. The van der Waals surface area contributed by atoms with Crippen molar-refractivity contribution >= 4 is 0 Å². The maximum absolute atomic E-state index is 13.4. The molecule has 5 heteroatoms. The topological polar surface area (TPSA) is 39.1 Å². The third kappa shape index (κ3) is 3.36. The summed E-state index contributed by atoms with van der Waals surface area (Å²) in [4.78, 5) is 4.04. The Kier molecular flexibility index (Phi) is 4.74. The fourth-order valence-electron chi connectivity index (χ4n) is 2.08. The van der Waals surface area contributed by atoms with Crippen LogP contribution in [-0.2, 0) is 13.7 Å². The molecular weight excluding hydrogens is 257 g/mol. The first-order valence-corrected chi connectivity index (χ1v) is 6.72. The lowest BCUT2D eigenvalue weighted by atomic mass is 10.1. The van der Waals surface area contributed by atoms with E-state index in [2.05, 4.69) is 10.3 Å². The van der Waals surface area contributed by atoms with Crippen LogP contribution in [0.15, 0.2) is 30.7 Å². The van der Waals surface area contributed by atoms with Crippen molar-refractivity contribution in [2.75, 3.05) is 6.54 Å². The van der Waals surface area contributed by atoms with Crippen LogP contribution in [0.2, 0.25) is 0 Å². The molecule has 1 heterocycles. The van der Waals surface area contributed by atoms with E-state index < -0.39 is 0 Å². The first kappa shape index (κ1) is 14.5. The third-order valence-electron chi connectivity index (χ3n) is 3.24. The quantitative estimate of drug-likeness (QED) is 0.882. The second-order valence-corrected chi connectivity index (χ2v) is 4.75. The van der Waals surface area contributed by atoms with Gasteiger partial charge in [0.05, 0.1) is 18.2 Å². The molecule has 0 aliphatic heterocycles. The number of ether oxygens (including phenoxy) is 1. The monoisotopic (exact) mass is 277 g/mol. The average Bonchev–Trinajstić information content (AvgIpc) is 2.82. The van der Waals surface area contributed by atoms with E-state index in [4.69, 9.17) is 4.74 Å². The summed E-state index contributed by atoms with van der Waals surface area (Å²) in [7, 11) is 1.90.